The molecule has 0 aliphatic rings. The van der Waals surface area contributed by atoms with Gasteiger partial charge in [-0.2, -0.15) is 0 Å². The van der Waals surface area contributed by atoms with E-state index in [0.717, 1.165) is 15.6 Å². The minimum absolute atomic E-state index is 0.0376. The molecule has 1 unspecified atom stereocenters. The van der Waals surface area contributed by atoms with Gasteiger partial charge in [-0.1, -0.05) is 49.5 Å². The maximum Gasteiger partial charge on any atom is 0.137 e. The quantitative estimate of drug-likeness (QED) is 0.453. The van der Waals surface area contributed by atoms with Crippen LogP contribution in [0.4, 0.5) is 4.39 Å². The van der Waals surface area contributed by atoms with Crippen LogP contribution < -0.4 is 0 Å². The molecule has 0 amide bonds. The summed E-state index contributed by atoms with van der Waals surface area (Å²) in [5.41, 5.74) is 1.96. The van der Waals surface area contributed by atoms with Crippen molar-refractivity contribution in [1.29, 1.82) is 0 Å². The highest BCUT2D eigenvalue weighted by molar-refractivity contribution is 9.11. The number of halogens is 5. The molecular weight excluding hydrogens is 450 g/mol. The topological polar surface area (TPSA) is 0 Å². The predicted octanol–water partition coefficient (Wildman–Crippen LogP) is 6.49. The van der Waals surface area contributed by atoms with Gasteiger partial charge in [0.15, 0.2) is 0 Å². The van der Waals surface area contributed by atoms with Crippen LogP contribution in [0.1, 0.15) is 16.0 Å². The Balaban J connectivity index is 2.40. The van der Waals surface area contributed by atoms with E-state index >= 15 is 0 Å². The highest BCUT2D eigenvalue weighted by Gasteiger charge is 2.13. The fourth-order valence-corrected chi connectivity index (χ4v) is 3.42. The van der Waals surface area contributed by atoms with Crippen molar-refractivity contribution >= 4 is 59.4 Å². The van der Waals surface area contributed by atoms with Gasteiger partial charge in [-0.25, -0.2) is 4.39 Å². The fourth-order valence-electron chi connectivity index (χ4n) is 1.58. The summed E-state index contributed by atoms with van der Waals surface area (Å²) in [7, 11) is 0. The first-order chi connectivity index (χ1) is 8.47. The van der Waals surface area contributed by atoms with Crippen LogP contribution in [-0.4, -0.2) is 0 Å². The maximum absolute atomic E-state index is 13.2. The lowest BCUT2D eigenvalue weighted by Gasteiger charge is -2.12. The Hall–Kier alpha value is 0.1000. The van der Waals surface area contributed by atoms with Crippen molar-refractivity contribution in [3.63, 3.8) is 0 Å². The van der Waals surface area contributed by atoms with Gasteiger partial charge in [-0.15, -0.1) is 0 Å². The van der Waals surface area contributed by atoms with Crippen molar-refractivity contribution in [2.24, 2.45) is 0 Å². The SMILES string of the molecule is Fc1ccc(C(Br)c2cc(Cl)cc(Br)c2)cc1Br. The van der Waals surface area contributed by atoms with Crippen molar-refractivity contribution < 1.29 is 4.39 Å². The van der Waals surface area contributed by atoms with Crippen LogP contribution in [0.15, 0.2) is 45.3 Å². The molecule has 0 bridgehead atoms. The minimum atomic E-state index is -0.272. The van der Waals surface area contributed by atoms with Crippen LogP contribution in [-0.2, 0) is 0 Å². The zero-order valence-corrected chi connectivity index (χ0v) is 14.4. The summed E-state index contributed by atoms with van der Waals surface area (Å²) >= 11 is 16.2. The first-order valence-electron chi connectivity index (χ1n) is 5.02. The van der Waals surface area contributed by atoms with Crippen LogP contribution in [0.5, 0.6) is 0 Å². The fraction of sp³-hybridized carbons (Fsp3) is 0.0769. The van der Waals surface area contributed by atoms with E-state index in [0.29, 0.717) is 9.50 Å². The molecule has 18 heavy (non-hydrogen) atoms. The second-order valence-corrected chi connectivity index (χ2v) is 6.86. The zero-order chi connectivity index (χ0) is 13.3. The third-order valence-corrected chi connectivity index (χ3v) is 4.75. The van der Waals surface area contributed by atoms with E-state index in [4.69, 9.17) is 11.6 Å². The molecule has 2 aromatic rings. The Morgan fingerprint density at radius 1 is 1.00 bits per heavy atom. The third kappa shape index (κ3) is 3.35. The molecule has 0 heterocycles. The smallest absolute Gasteiger partial charge is 0.137 e. The molecule has 5 heteroatoms. The van der Waals surface area contributed by atoms with Gasteiger partial charge in [0.25, 0.3) is 0 Å². The molecule has 2 rings (SSSR count). The Morgan fingerprint density at radius 2 is 1.72 bits per heavy atom. The molecule has 2 aromatic carbocycles. The molecule has 0 saturated carbocycles. The lowest BCUT2D eigenvalue weighted by molar-refractivity contribution is 0.620. The summed E-state index contributed by atoms with van der Waals surface area (Å²) in [6.45, 7) is 0. The second kappa shape index (κ2) is 6.04. The highest BCUT2D eigenvalue weighted by Crippen LogP contribution is 2.35. The van der Waals surface area contributed by atoms with Gasteiger partial charge < -0.3 is 0 Å². The van der Waals surface area contributed by atoms with Gasteiger partial charge in [-0.05, 0) is 57.4 Å². The van der Waals surface area contributed by atoms with Crippen molar-refractivity contribution in [1.82, 2.24) is 0 Å². The summed E-state index contributed by atoms with van der Waals surface area (Å²) in [6.07, 6.45) is 0. The first kappa shape index (κ1) is 14.5. The van der Waals surface area contributed by atoms with Crippen molar-refractivity contribution in [2.75, 3.05) is 0 Å². The molecular formula is C13H7Br3ClF. The number of alkyl halides is 1. The molecule has 0 nitrogen and oxygen atoms in total. The van der Waals surface area contributed by atoms with E-state index in [-0.39, 0.29) is 10.6 Å². The molecule has 0 aromatic heterocycles. The second-order valence-electron chi connectivity index (χ2n) is 3.74. The average Bonchev–Trinajstić information content (AvgIpc) is 2.30. The number of hydrogen-bond acceptors (Lipinski definition) is 0. The van der Waals surface area contributed by atoms with Gasteiger partial charge in [0, 0.05) is 9.50 Å². The van der Waals surface area contributed by atoms with Gasteiger partial charge in [0.05, 0.1) is 9.30 Å². The molecule has 0 saturated heterocycles. The largest absolute Gasteiger partial charge is 0.206 e. The van der Waals surface area contributed by atoms with Crippen LogP contribution in [0.3, 0.4) is 0 Å². The molecule has 0 fully saturated rings. The van der Waals surface area contributed by atoms with Crippen molar-refractivity contribution in [3.8, 4) is 0 Å². The molecule has 0 aliphatic carbocycles. The number of rotatable bonds is 2. The molecule has 1 atom stereocenters. The lowest BCUT2D eigenvalue weighted by Crippen LogP contribution is -1.94. The van der Waals surface area contributed by atoms with Crippen LogP contribution >= 0.6 is 59.4 Å². The Morgan fingerprint density at radius 3 is 2.33 bits per heavy atom. The summed E-state index contributed by atoms with van der Waals surface area (Å²) in [4.78, 5) is -0.0376. The summed E-state index contributed by atoms with van der Waals surface area (Å²) in [5.74, 6) is -0.272. The highest BCUT2D eigenvalue weighted by atomic mass is 79.9. The predicted molar refractivity (Wildman–Crippen MR) is 84.0 cm³/mol. The average molecular weight is 457 g/mol. The maximum atomic E-state index is 13.2. The van der Waals surface area contributed by atoms with E-state index in [9.17, 15) is 4.39 Å². The number of benzene rings is 2. The van der Waals surface area contributed by atoms with E-state index in [1.54, 1.807) is 12.1 Å². The number of hydrogen-bond donors (Lipinski definition) is 0. The first-order valence-corrected chi connectivity index (χ1v) is 7.90. The van der Waals surface area contributed by atoms with Gasteiger partial charge in [0.1, 0.15) is 5.82 Å². The van der Waals surface area contributed by atoms with Gasteiger partial charge >= 0.3 is 0 Å². The minimum Gasteiger partial charge on any atom is -0.206 e. The molecule has 0 radical (unpaired) electrons. The third-order valence-electron chi connectivity index (χ3n) is 2.41. The molecule has 0 aliphatic heterocycles. The summed E-state index contributed by atoms with van der Waals surface area (Å²) in [5, 5.41) is 0.657. The van der Waals surface area contributed by atoms with Crippen molar-refractivity contribution in [3.05, 3.63) is 67.3 Å². The summed E-state index contributed by atoms with van der Waals surface area (Å²) in [6, 6.07) is 10.6. The monoisotopic (exact) mass is 454 g/mol. The molecule has 0 spiro atoms. The van der Waals surface area contributed by atoms with Crippen LogP contribution in [0, 0.1) is 5.82 Å². The Labute approximate surface area is 135 Å². The van der Waals surface area contributed by atoms with E-state index < -0.39 is 0 Å². The molecule has 0 N–H and O–H groups in total. The van der Waals surface area contributed by atoms with Gasteiger partial charge in [0.2, 0.25) is 0 Å². The van der Waals surface area contributed by atoms with E-state index in [1.165, 1.54) is 6.07 Å². The van der Waals surface area contributed by atoms with Crippen LogP contribution in [0.2, 0.25) is 5.02 Å². The Bertz CT molecular complexity index is 566. The van der Waals surface area contributed by atoms with E-state index in [2.05, 4.69) is 47.8 Å². The lowest BCUT2D eigenvalue weighted by atomic mass is 10.1. The van der Waals surface area contributed by atoms with Crippen LogP contribution in [0.25, 0.3) is 0 Å². The van der Waals surface area contributed by atoms with Crippen molar-refractivity contribution in [2.45, 2.75) is 4.83 Å². The normalized spacial score (nSPS) is 12.5. The van der Waals surface area contributed by atoms with E-state index in [1.807, 2.05) is 18.2 Å². The Kier molecular flexibility index (Phi) is 4.86. The summed E-state index contributed by atoms with van der Waals surface area (Å²) < 4.78 is 14.6. The molecule has 94 valence electrons. The standard InChI is InChI=1S/C13H7Br3ClF/c14-9-3-8(4-10(17)6-9)13(16)7-1-2-12(18)11(15)5-7/h1-6,13H. The zero-order valence-electron chi connectivity index (χ0n) is 8.93. The van der Waals surface area contributed by atoms with Gasteiger partial charge in [-0.3, -0.25) is 0 Å².